The van der Waals surface area contributed by atoms with Gasteiger partial charge in [0.15, 0.2) is 6.04 Å². The van der Waals surface area contributed by atoms with E-state index in [1.807, 2.05) is 66.7 Å². The summed E-state index contributed by atoms with van der Waals surface area (Å²) in [5.41, 5.74) is 3.37. The summed E-state index contributed by atoms with van der Waals surface area (Å²) in [4.78, 5) is 32.9. The molecule has 2 N–H and O–H groups in total. The molecule has 0 bridgehead atoms. The highest BCUT2D eigenvalue weighted by molar-refractivity contribution is 6.17. The number of carboxylic acids is 1. The summed E-state index contributed by atoms with van der Waals surface area (Å²) in [6.45, 7) is 1.50. The van der Waals surface area contributed by atoms with Crippen LogP contribution in [0.15, 0.2) is 89.9 Å². The summed E-state index contributed by atoms with van der Waals surface area (Å²) >= 11 is 0. The molecule has 214 valence electrons. The first-order chi connectivity index (χ1) is 19.8. The summed E-state index contributed by atoms with van der Waals surface area (Å²) in [5.74, 6) is -4.53. The Kier molecular flexibility index (Phi) is 8.88. The van der Waals surface area contributed by atoms with Gasteiger partial charge in [-0.15, -0.1) is 0 Å². The molecule has 1 amide bonds. The Bertz CT molecular complexity index is 1370. The number of para-hydroxylation sites is 1. The Morgan fingerprint density at radius 1 is 0.927 bits per heavy atom. The maximum Gasteiger partial charge on any atom is 0.328 e. The van der Waals surface area contributed by atoms with Gasteiger partial charge in [-0.2, -0.15) is 0 Å². The van der Waals surface area contributed by atoms with Gasteiger partial charge < -0.3 is 10.4 Å². The van der Waals surface area contributed by atoms with Crippen LogP contribution in [0.3, 0.4) is 0 Å². The van der Waals surface area contributed by atoms with Gasteiger partial charge in [0, 0.05) is 30.5 Å². The van der Waals surface area contributed by atoms with Gasteiger partial charge >= 0.3 is 5.97 Å². The first-order valence-corrected chi connectivity index (χ1v) is 14.2. The third-order valence-electron chi connectivity index (χ3n) is 8.11. The largest absolute Gasteiger partial charge is 0.480 e. The van der Waals surface area contributed by atoms with E-state index in [1.54, 1.807) is 6.07 Å². The average Bonchev–Trinajstić information content (AvgIpc) is 3.44. The lowest BCUT2D eigenvalue weighted by molar-refractivity contribution is -0.141. The average molecular weight is 560 g/mol. The van der Waals surface area contributed by atoms with E-state index in [2.05, 4.69) is 22.3 Å². The number of aliphatic imine (C=N–C) groups is 1. The van der Waals surface area contributed by atoms with Gasteiger partial charge in [-0.25, -0.2) is 13.6 Å². The first kappa shape index (κ1) is 28.6. The molecule has 1 heterocycles. The number of rotatable bonds is 9. The monoisotopic (exact) mass is 559 g/mol. The summed E-state index contributed by atoms with van der Waals surface area (Å²) in [6.07, 6.45) is 1.16. The van der Waals surface area contributed by atoms with Crippen molar-refractivity contribution >= 4 is 23.3 Å². The second-order valence-corrected chi connectivity index (χ2v) is 11.0. The van der Waals surface area contributed by atoms with Crippen molar-refractivity contribution in [1.29, 1.82) is 0 Å². The molecule has 0 spiro atoms. The lowest BCUT2D eigenvalue weighted by Gasteiger charge is -2.30. The number of alkyl halides is 2. The highest BCUT2D eigenvalue weighted by Crippen LogP contribution is 2.38. The number of nitrogens with zero attached hydrogens (tertiary/aromatic N) is 2. The van der Waals surface area contributed by atoms with Crippen molar-refractivity contribution in [2.45, 2.75) is 63.1 Å². The minimum Gasteiger partial charge on any atom is -0.480 e. The van der Waals surface area contributed by atoms with Crippen LogP contribution in [0.2, 0.25) is 0 Å². The van der Waals surface area contributed by atoms with Gasteiger partial charge in [0.2, 0.25) is 11.8 Å². The van der Waals surface area contributed by atoms with Crippen LogP contribution in [-0.4, -0.2) is 52.1 Å². The van der Waals surface area contributed by atoms with Crippen molar-refractivity contribution in [2.75, 3.05) is 11.9 Å². The molecule has 0 unspecified atom stereocenters. The zero-order valence-corrected chi connectivity index (χ0v) is 22.9. The molecule has 1 saturated heterocycles. The van der Waals surface area contributed by atoms with Crippen molar-refractivity contribution in [3.63, 3.8) is 0 Å². The number of hydrogen-bond donors (Lipinski definition) is 2. The van der Waals surface area contributed by atoms with Crippen LogP contribution in [-0.2, 0) is 16.1 Å². The van der Waals surface area contributed by atoms with Gasteiger partial charge in [0.1, 0.15) is 0 Å². The Labute approximate surface area is 239 Å². The first-order valence-electron chi connectivity index (χ1n) is 14.2. The summed E-state index contributed by atoms with van der Waals surface area (Å²) in [6, 6.07) is 25.0. The topological polar surface area (TPSA) is 82.0 Å². The number of aliphatic carboxylic acids is 1. The number of anilines is 1. The van der Waals surface area contributed by atoms with E-state index in [9.17, 15) is 23.5 Å². The number of hydrogen-bond acceptors (Lipinski definition) is 4. The molecular weight excluding hydrogens is 524 g/mol. The Balaban J connectivity index is 1.44. The van der Waals surface area contributed by atoms with Crippen LogP contribution < -0.4 is 5.32 Å². The predicted octanol–water partition coefficient (Wildman–Crippen LogP) is 6.41. The number of benzene rings is 3. The molecule has 3 aromatic carbocycles. The minimum atomic E-state index is -2.77. The van der Waals surface area contributed by atoms with Crippen LogP contribution in [0, 0.1) is 5.92 Å². The van der Waals surface area contributed by atoms with E-state index in [0.29, 0.717) is 29.1 Å². The van der Waals surface area contributed by atoms with Crippen LogP contribution >= 0.6 is 0 Å². The Morgan fingerprint density at radius 2 is 1.56 bits per heavy atom. The van der Waals surface area contributed by atoms with E-state index in [-0.39, 0.29) is 37.6 Å². The fraction of sp³-hybridized carbons (Fsp3) is 0.364. The highest BCUT2D eigenvalue weighted by Gasteiger charge is 2.40. The predicted molar refractivity (Wildman–Crippen MR) is 155 cm³/mol. The smallest absolute Gasteiger partial charge is 0.328 e. The molecule has 6 nitrogen and oxygen atoms in total. The van der Waals surface area contributed by atoms with Crippen molar-refractivity contribution in [3.05, 3.63) is 102 Å². The molecule has 8 heteroatoms. The minimum absolute atomic E-state index is 0.0901. The van der Waals surface area contributed by atoms with Crippen molar-refractivity contribution < 1.29 is 23.5 Å². The van der Waals surface area contributed by atoms with Crippen molar-refractivity contribution in [1.82, 2.24) is 4.90 Å². The van der Waals surface area contributed by atoms with Crippen LogP contribution in [0.5, 0.6) is 0 Å². The van der Waals surface area contributed by atoms with Crippen LogP contribution in [0.4, 0.5) is 14.5 Å². The number of halogens is 2. The third kappa shape index (κ3) is 7.06. The molecular formula is C33H35F2N3O3. The summed E-state index contributed by atoms with van der Waals surface area (Å²) in [7, 11) is 0. The fourth-order valence-electron chi connectivity index (χ4n) is 5.92. The molecule has 0 aromatic heterocycles. The molecule has 1 saturated carbocycles. The van der Waals surface area contributed by atoms with Crippen LogP contribution in [0.1, 0.15) is 55.2 Å². The van der Waals surface area contributed by atoms with Crippen molar-refractivity contribution in [2.24, 2.45) is 10.9 Å². The number of carbonyl (C=O) groups is 2. The van der Waals surface area contributed by atoms with Gasteiger partial charge in [-0.3, -0.25) is 14.7 Å². The fourth-order valence-corrected chi connectivity index (χ4v) is 5.92. The quantitative estimate of drug-likeness (QED) is 0.297. The number of carboxylic acid groups (broad SMARTS) is 1. The lowest BCUT2D eigenvalue weighted by Crippen LogP contribution is -2.39. The maximum absolute atomic E-state index is 13.9. The molecule has 5 rings (SSSR count). The standard InChI is InChI=1S/C33H35F2N3O3/c34-33(35)19-17-25(18-20-33)30(32(40)41)37-29(24-12-5-2-6-13-24)26-14-7-8-15-27(26)36-31(39)28-16-9-21-38(28)22-23-10-3-1-4-11-23/h1-8,10-15,25,28,30H,9,16-22H2,(H,36,39)(H,40,41)/b37-29+/t28-,30-/m0/s1. The molecule has 1 aliphatic carbocycles. The zero-order chi connectivity index (χ0) is 28.8. The molecule has 41 heavy (non-hydrogen) atoms. The molecule has 2 fully saturated rings. The number of amides is 1. The summed E-state index contributed by atoms with van der Waals surface area (Å²) < 4.78 is 27.7. The normalized spacial score (nSPS) is 20.4. The lowest BCUT2D eigenvalue weighted by atomic mass is 9.82. The molecule has 3 aromatic rings. The van der Waals surface area contributed by atoms with Gasteiger partial charge in [-0.05, 0) is 49.8 Å². The molecule has 2 aliphatic rings. The molecule has 0 radical (unpaired) electrons. The number of carbonyl (C=O) groups excluding carboxylic acids is 1. The van der Waals surface area contributed by atoms with E-state index in [0.717, 1.165) is 24.9 Å². The van der Waals surface area contributed by atoms with Gasteiger partial charge in [-0.1, -0.05) is 78.9 Å². The van der Waals surface area contributed by atoms with E-state index < -0.39 is 23.9 Å². The second kappa shape index (κ2) is 12.7. The van der Waals surface area contributed by atoms with E-state index in [1.165, 1.54) is 0 Å². The van der Waals surface area contributed by atoms with Crippen molar-refractivity contribution in [3.8, 4) is 0 Å². The zero-order valence-electron chi connectivity index (χ0n) is 22.9. The van der Waals surface area contributed by atoms with E-state index >= 15 is 0 Å². The van der Waals surface area contributed by atoms with Gasteiger partial charge in [0.25, 0.3) is 0 Å². The number of likely N-dealkylation sites (tertiary alicyclic amines) is 1. The molecule has 1 aliphatic heterocycles. The Hall–Kier alpha value is -3.91. The van der Waals surface area contributed by atoms with E-state index in [4.69, 9.17) is 4.99 Å². The number of nitrogens with one attached hydrogen (secondary N) is 1. The van der Waals surface area contributed by atoms with Crippen LogP contribution in [0.25, 0.3) is 0 Å². The molecule has 2 atom stereocenters. The second-order valence-electron chi connectivity index (χ2n) is 11.0. The SMILES string of the molecule is O=C(O)[C@@H](/N=C(\c1ccccc1)c1ccccc1NC(=O)[C@@H]1CCCN1Cc1ccccc1)C1CCC(F)(F)CC1. The van der Waals surface area contributed by atoms with Gasteiger partial charge in [0.05, 0.1) is 17.4 Å². The maximum atomic E-state index is 13.9. The third-order valence-corrected chi connectivity index (χ3v) is 8.11. The highest BCUT2D eigenvalue weighted by atomic mass is 19.3. The summed E-state index contributed by atoms with van der Waals surface area (Å²) in [5, 5.41) is 13.2. The Morgan fingerprint density at radius 3 is 2.24 bits per heavy atom.